The van der Waals surface area contributed by atoms with Crippen LogP contribution in [0.1, 0.15) is 55.3 Å². The van der Waals surface area contributed by atoms with Crippen LogP contribution in [0.3, 0.4) is 0 Å². The maximum Gasteiger partial charge on any atom is 0.258 e. The third kappa shape index (κ3) is 4.66. The van der Waals surface area contributed by atoms with Crippen molar-refractivity contribution in [1.82, 2.24) is 5.32 Å². The van der Waals surface area contributed by atoms with Gasteiger partial charge in [-0.05, 0) is 66.5 Å². The molecule has 1 amide bonds. The Labute approximate surface area is 172 Å². The maximum atomic E-state index is 12.7. The smallest absolute Gasteiger partial charge is 0.258 e. The van der Waals surface area contributed by atoms with Crippen LogP contribution >= 0.6 is 0 Å². The van der Waals surface area contributed by atoms with Gasteiger partial charge in [-0.15, -0.1) is 0 Å². The molecular formula is C24H29NO4. The standard InChI is InChI=1S/C24H29NO4/c1-15(2)19-8-4-16(3)12-21(19)29-14-23(26)25-24(17-5-6-17)18-7-9-20-22(13-18)28-11-10-27-20/h4,7-9,12-13,15,17,24H,5-6,10-11,14H2,1-3H3,(H,25,26). The summed E-state index contributed by atoms with van der Waals surface area (Å²) >= 11 is 0. The van der Waals surface area contributed by atoms with E-state index in [1.54, 1.807) is 0 Å². The molecule has 1 aliphatic carbocycles. The van der Waals surface area contributed by atoms with Gasteiger partial charge in [0, 0.05) is 0 Å². The number of fused-ring (bicyclic) bond motifs is 1. The SMILES string of the molecule is Cc1ccc(C(C)C)c(OCC(=O)NC(c2ccc3c(c2)OCCO3)C2CC2)c1. The van der Waals surface area contributed by atoms with E-state index in [1.807, 2.05) is 31.2 Å². The van der Waals surface area contributed by atoms with E-state index in [0.29, 0.717) is 25.0 Å². The van der Waals surface area contributed by atoms with Gasteiger partial charge in [-0.1, -0.05) is 32.0 Å². The van der Waals surface area contributed by atoms with E-state index in [1.165, 1.54) is 0 Å². The van der Waals surface area contributed by atoms with Crippen LogP contribution in [0, 0.1) is 12.8 Å². The fraction of sp³-hybridized carbons (Fsp3) is 0.458. The fourth-order valence-corrected chi connectivity index (χ4v) is 3.76. The van der Waals surface area contributed by atoms with Gasteiger partial charge in [-0.2, -0.15) is 0 Å². The second-order valence-electron chi connectivity index (χ2n) is 8.27. The van der Waals surface area contributed by atoms with Crippen molar-refractivity contribution in [2.45, 2.75) is 45.6 Å². The van der Waals surface area contributed by atoms with E-state index < -0.39 is 0 Å². The number of carbonyl (C=O) groups excluding carboxylic acids is 1. The zero-order chi connectivity index (χ0) is 20.4. The number of aryl methyl sites for hydroxylation is 1. The number of rotatable bonds is 7. The number of hydrogen-bond donors (Lipinski definition) is 1. The summed E-state index contributed by atoms with van der Waals surface area (Å²) in [7, 11) is 0. The minimum atomic E-state index is -0.104. The minimum absolute atomic E-state index is 0.0109. The van der Waals surface area contributed by atoms with Crippen molar-refractivity contribution >= 4 is 5.91 Å². The van der Waals surface area contributed by atoms with Crippen LogP contribution < -0.4 is 19.5 Å². The molecule has 1 heterocycles. The molecule has 29 heavy (non-hydrogen) atoms. The number of carbonyl (C=O) groups is 1. The van der Waals surface area contributed by atoms with Crippen LogP contribution in [0.15, 0.2) is 36.4 Å². The summed E-state index contributed by atoms with van der Waals surface area (Å²) in [5, 5.41) is 3.18. The Morgan fingerprint density at radius 2 is 1.86 bits per heavy atom. The lowest BCUT2D eigenvalue weighted by Crippen LogP contribution is -2.34. The van der Waals surface area contributed by atoms with Gasteiger partial charge >= 0.3 is 0 Å². The van der Waals surface area contributed by atoms with Crippen LogP contribution in [0.25, 0.3) is 0 Å². The first kappa shape index (κ1) is 19.6. The Hall–Kier alpha value is -2.69. The van der Waals surface area contributed by atoms with Crippen LogP contribution in [-0.2, 0) is 4.79 Å². The highest BCUT2D eigenvalue weighted by Crippen LogP contribution is 2.43. The Morgan fingerprint density at radius 3 is 2.59 bits per heavy atom. The maximum absolute atomic E-state index is 12.7. The summed E-state index contributed by atoms with van der Waals surface area (Å²) in [6.45, 7) is 7.42. The summed E-state index contributed by atoms with van der Waals surface area (Å²) in [6, 6.07) is 12.1. The van der Waals surface area contributed by atoms with Gasteiger partial charge in [-0.25, -0.2) is 0 Å². The van der Waals surface area contributed by atoms with E-state index >= 15 is 0 Å². The lowest BCUT2D eigenvalue weighted by Gasteiger charge is -2.23. The van der Waals surface area contributed by atoms with Crippen molar-refractivity contribution in [3.8, 4) is 17.2 Å². The first-order valence-corrected chi connectivity index (χ1v) is 10.4. The molecule has 1 N–H and O–H groups in total. The van der Waals surface area contributed by atoms with Crippen LogP contribution in [-0.4, -0.2) is 25.7 Å². The van der Waals surface area contributed by atoms with Gasteiger partial charge in [0.25, 0.3) is 5.91 Å². The Bertz CT molecular complexity index is 888. The van der Waals surface area contributed by atoms with Gasteiger partial charge in [0.2, 0.25) is 0 Å². The van der Waals surface area contributed by atoms with Crippen molar-refractivity contribution in [1.29, 1.82) is 0 Å². The molecule has 0 spiro atoms. The molecule has 2 aromatic carbocycles. The highest BCUT2D eigenvalue weighted by molar-refractivity contribution is 5.78. The zero-order valence-electron chi connectivity index (χ0n) is 17.4. The summed E-state index contributed by atoms with van der Waals surface area (Å²) < 4.78 is 17.2. The molecule has 1 saturated carbocycles. The van der Waals surface area contributed by atoms with Gasteiger partial charge in [0.1, 0.15) is 19.0 Å². The number of benzene rings is 2. The van der Waals surface area contributed by atoms with Crippen molar-refractivity contribution in [2.24, 2.45) is 5.92 Å². The molecule has 4 rings (SSSR count). The molecule has 1 unspecified atom stereocenters. The summed E-state index contributed by atoms with van der Waals surface area (Å²) in [4.78, 5) is 12.7. The van der Waals surface area contributed by atoms with Gasteiger partial charge in [0.15, 0.2) is 18.1 Å². The molecule has 1 fully saturated rings. The molecule has 2 aromatic rings. The van der Waals surface area contributed by atoms with Crippen molar-refractivity contribution in [3.63, 3.8) is 0 Å². The second kappa shape index (κ2) is 8.36. The van der Waals surface area contributed by atoms with E-state index in [4.69, 9.17) is 14.2 Å². The van der Waals surface area contributed by atoms with E-state index in [0.717, 1.165) is 46.8 Å². The van der Waals surface area contributed by atoms with E-state index in [9.17, 15) is 4.79 Å². The molecule has 0 aromatic heterocycles. The van der Waals surface area contributed by atoms with Crippen molar-refractivity contribution < 1.29 is 19.0 Å². The molecule has 5 heteroatoms. The number of amides is 1. The predicted molar refractivity (Wildman–Crippen MR) is 112 cm³/mol. The lowest BCUT2D eigenvalue weighted by atomic mass is 10.0. The first-order chi connectivity index (χ1) is 14.0. The topological polar surface area (TPSA) is 56.8 Å². The van der Waals surface area contributed by atoms with E-state index in [-0.39, 0.29) is 18.6 Å². The van der Waals surface area contributed by atoms with Crippen LogP contribution in [0.4, 0.5) is 0 Å². The number of nitrogens with one attached hydrogen (secondary N) is 1. The molecule has 5 nitrogen and oxygen atoms in total. The highest BCUT2D eigenvalue weighted by Gasteiger charge is 2.34. The van der Waals surface area contributed by atoms with Crippen LogP contribution in [0.2, 0.25) is 0 Å². The number of hydrogen-bond acceptors (Lipinski definition) is 4. The Morgan fingerprint density at radius 1 is 1.10 bits per heavy atom. The summed E-state index contributed by atoms with van der Waals surface area (Å²) in [6.07, 6.45) is 2.24. The molecule has 0 saturated heterocycles. The largest absolute Gasteiger partial charge is 0.486 e. The molecule has 0 radical (unpaired) electrons. The van der Waals surface area contributed by atoms with Crippen LogP contribution in [0.5, 0.6) is 17.2 Å². The molecule has 154 valence electrons. The zero-order valence-corrected chi connectivity index (χ0v) is 17.4. The normalized spacial score (nSPS) is 16.4. The summed E-state index contributed by atoms with van der Waals surface area (Å²) in [5.41, 5.74) is 3.30. The third-order valence-corrected chi connectivity index (χ3v) is 5.49. The predicted octanol–water partition coefficient (Wildman–Crippen LogP) is 4.54. The summed E-state index contributed by atoms with van der Waals surface area (Å²) in [5.74, 6) is 3.01. The molecule has 1 atom stereocenters. The molecule has 2 aliphatic rings. The lowest BCUT2D eigenvalue weighted by molar-refractivity contribution is -0.124. The van der Waals surface area contributed by atoms with Crippen molar-refractivity contribution in [2.75, 3.05) is 19.8 Å². The number of ether oxygens (including phenoxy) is 3. The van der Waals surface area contributed by atoms with E-state index in [2.05, 4.69) is 31.3 Å². The molecular weight excluding hydrogens is 366 g/mol. The Kier molecular flexibility index (Phi) is 5.65. The monoisotopic (exact) mass is 395 g/mol. The fourth-order valence-electron chi connectivity index (χ4n) is 3.76. The average Bonchev–Trinajstić information content (AvgIpc) is 3.55. The first-order valence-electron chi connectivity index (χ1n) is 10.4. The van der Waals surface area contributed by atoms with Gasteiger partial charge in [-0.3, -0.25) is 4.79 Å². The molecule has 0 bridgehead atoms. The van der Waals surface area contributed by atoms with Gasteiger partial charge in [0.05, 0.1) is 6.04 Å². The second-order valence-corrected chi connectivity index (χ2v) is 8.27. The third-order valence-electron chi connectivity index (χ3n) is 5.49. The van der Waals surface area contributed by atoms with Gasteiger partial charge < -0.3 is 19.5 Å². The Balaban J connectivity index is 1.43. The molecule has 1 aliphatic heterocycles. The van der Waals surface area contributed by atoms with Crippen molar-refractivity contribution in [3.05, 3.63) is 53.1 Å². The highest BCUT2D eigenvalue weighted by atomic mass is 16.6. The average molecular weight is 395 g/mol. The minimum Gasteiger partial charge on any atom is -0.486 e. The quantitative estimate of drug-likeness (QED) is 0.748.